The number of aromatic nitrogens is 3. The molecule has 9 nitrogen and oxygen atoms in total. The Bertz CT molecular complexity index is 1070. The highest BCUT2D eigenvalue weighted by molar-refractivity contribution is 5.98. The maximum Gasteiger partial charge on any atom is 0.404 e. The largest absolute Gasteiger partial charge is 0.465 e. The number of carboxylic acid groups (broad SMARTS) is 1. The lowest BCUT2D eigenvalue weighted by Gasteiger charge is -2.37. The molecule has 0 spiro atoms. The van der Waals surface area contributed by atoms with E-state index in [1.54, 1.807) is 12.1 Å². The van der Waals surface area contributed by atoms with Crippen molar-refractivity contribution >= 4 is 28.5 Å². The zero-order chi connectivity index (χ0) is 20.5. The van der Waals surface area contributed by atoms with Crippen molar-refractivity contribution in [2.75, 3.05) is 36.9 Å². The van der Waals surface area contributed by atoms with Gasteiger partial charge in [-0.25, -0.2) is 14.2 Å². The van der Waals surface area contributed by atoms with Gasteiger partial charge in [-0.3, -0.25) is 4.98 Å². The van der Waals surface area contributed by atoms with E-state index in [-0.39, 0.29) is 12.6 Å². The van der Waals surface area contributed by atoms with Gasteiger partial charge in [-0.05, 0) is 18.2 Å². The molecular formula is C19H21FN6O3. The fourth-order valence-corrected chi connectivity index (χ4v) is 3.68. The average molecular weight is 400 g/mol. The second-order valence-corrected chi connectivity index (χ2v) is 6.83. The zero-order valence-corrected chi connectivity index (χ0v) is 15.8. The summed E-state index contributed by atoms with van der Waals surface area (Å²) in [5.41, 5.74) is 9.27. The number of morpholine rings is 1. The van der Waals surface area contributed by atoms with Crippen molar-refractivity contribution in [3.05, 3.63) is 36.4 Å². The molecule has 4 rings (SSSR count). The molecule has 2 aromatic heterocycles. The van der Waals surface area contributed by atoms with E-state index in [1.807, 2.05) is 22.6 Å². The fraction of sp³-hybridized carbons (Fsp3) is 0.316. The molecule has 3 heterocycles. The number of amides is 1. The van der Waals surface area contributed by atoms with E-state index in [4.69, 9.17) is 20.6 Å². The van der Waals surface area contributed by atoms with Crippen LogP contribution < -0.4 is 16.0 Å². The number of fused-ring (bicyclic) bond motifs is 1. The van der Waals surface area contributed by atoms with Crippen LogP contribution in [-0.4, -0.2) is 58.1 Å². The van der Waals surface area contributed by atoms with Crippen LogP contribution in [0, 0.1) is 5.82 Å². The number of nitrogens with zero attached hydrogens (tertiary/aromatic N) is 4. The second kappa shape index (κ2) is 7.55. The quantitative estimate of drug-likeness (QED) is 0.572. The number of aryl methyl sites for hydroxylation is 1. The molecule has 1 aliphatic heterocycles. The zero-order valence-electron chi connectivity index (χ0n) is 15.8. The van der Waals surface area contributed by atoms with E-state index in [0.717, 1.165) is 11.7 Å². The number of anilines is 2. The van der Waals surface area contributed by atoms with Gasteiger partial charge in [0.05, 0.1) is 47.9 Å². The SMILES string of the molecule is Cn1c(-c2ccncc2F)nc2c(N3CCOCC3CNC(=O)O)c(N)ccc21. The van der Waals surface area contributed by atoms with Crippen molar-refractivity contribution in [1.82, 2.24) is 19.9 Å². The van der Waals surface area contributed by atoms with Crippen molar-refractivity contribution < 1.29 is 19.0 Å². The highest BCUT2D eigenvalue weighted by atomic mass is 19.1. The molecule has 0 radical (unpaired) electrons. The number of imidazole rings is 1. The molecule has 1 fully saturated rings. The molecular weight excluding hydrogens is 379 g/mol. The number of nitrogen functional groups attached to an aromatic ring is 1. The topological polar surface area (TPSA) is 119 Å². The number of ether oxygens (including phenoxy) is 1. The standard InChI is InChI=1S/C19H21FN6O3/c1-25-15-3-2-14(21)17(26-6-7-29-10-11(26)8-23-19(27)28)16(15)24-18(25)12-4-5-22-9-13(12)20/h2-5,9,11,23H,6-8,10,21H2,1H3,(H,27,28). The van der Waals surface area contributed by atoms with Crippen LogP contribution in [-0.2, 0) is 11.8 Å². The Labute approximate surface area is 165 Å². The first kappa shape index (κ1) is 18.9. The molecule has 1 aliphatic rings. The van der Waals surface area contributed by atoms with Gasteiger partial charge in [0.15, 0.2) is 5.82 Å². The first-order valence-electron chi connectivity index (χ1n) is 9.13. The summed E-state index contributed by atoms with van der Waals surface area (Å²) < 4.78 is 21.7. The van der Waals surface area contributed by atoms with E-state index in [2.05, 4.69) is 10.3 Å². The predicted molar refractivity (Wildman–Crippen MR) is 106 cm³/mol. The first-order chi connectivity index (χ1) is 14.0. The molecule has 0 saturated carbocycles. The molecule has 4 N–H and O–H groups in total. The Morgan fingerprint density at radius 2 is 2.28 bits per heavy atom. The summed E-state index contributed by atoms with van der Waals surface area (Å²) in [5.74, 6) is -0.00412. The number of halogens is 1. The highest BCUT2D eigenvalue weighted by Gasteiger charge is 2.28. The Morgan fingerprint density at radius 3 is 3.03 bits per heavy atom. The van der Waals surface area contributed by atoms with Crippen LogP contribution in [0.2, 0.25) is 0 Å². The average Bonchev–Trinajstić information content (AvgIpc) is 3.03. The third-order valence-electron chi connectivity index (χ3n) is 5.07. The van der Waals surface area contributed by atoms with E-state index < -0.39 is 11.9 Å². The number of nitrogens with two attached hydrogens (primary N) is 1. The maximum absolute atomic E-state index is 14.3. The molecule has 152 valence electrons. The molecule has 0 bridgehead atoms. The molecule has 10 heteroatoms. The third kappa shape index (κ3) is 3.42. The summed E-state index contributed by atoms with van der Waals surface area (Å²) in [4.78, 5) is 21.5. The summed E-state index contributed by atoms with van der Waals surface area (Å²) in [6, 6.07) is 4.96. The van der Waals surface area contributed by atoms with Gasteiger partial charge in [-0.2, -0.15) is 0 Å². The van der Waals surface area contributed by atoms with Gasteiger partial charge in [0, 0.05) is 26.3 Å². The monoisotopic (exact) mass is 400 g/mol. The van der Waals surface area contributed by atoms with Gasteiger partial charge < -0.3 is 30.4 Å². The fourth-order valence-electron chi connectivity index (χ4n) is 3.68. The van der Waals surface area contributed by atoms with Gasteiger partial charge in [0.2, 0.25) is 0 Å². The number of hydrogen-bond acceptors (Lipinski definition) is 6. The van der Waals surface area contributed by atoms with E-state index in [0.29, 0.717) is 48.0 Å². The van der Waals surface area contributed by atoms with Crippen molar-refractivity contribution in [2.24, 2.45) is 7.05 Å². The van der Waals surface area contributed by atoms with Gasteiger partial charge in [-0.1, -0.05) is 0 Å². The van der Waals surface area contributed by atoms with Gasteiger partial charge in [-0.15, -0.1) is 0 Å². The van der Waals surface area contributed by atoms with Crippen LogP contribution in [0.5, 0.6) is 0 Å². The smallest absolute Gasteiger partial charge is 0.404 e. The van der Waals surface area contributed by atoms with Crippen LogP contribution in [0.15, 0.2) is 30.6 Å². The highest BCUT2D eigenvalue weighted by Crippen LogP contribution is 2.36. The van der Waals surface area contributed by atoms with Gasteiger partial charge >= 0.3 is 6.09 Å². The van der Waals surface area contributed by atoms with E-state index >= 15 is 0 Å². The Kier molecular flexibility index (Phi) is 4.93. The lowest BCUT2D eigenvalue weighted by molar-refractivity contribution is 0.0936. The third-order valence-corrected chi connectivity index (χ3v) is 5.07. The molecule has 1 atom stereocenters. The van der Waals surface area contributed by atoms with Crippen LogP contribution in [0.4, 0.5) is 20.6 Å². The molecule has 0 aliphatic carbocycles. The van der Waals surface area contributed by atoms with Crippen LogP contribution in [0.25, 0.3) is 22.4 Å². The van der Waals surface area contributed by atoms with Gasteiger partial charge in [0.1, 0.15) is 11.3 Å². The van der Waals surface area contributed by atoms with Crippen molar-refractivity contribution in [2.45, 2.75) is 6.04 Å². The Morgan fingerprint density at radius 1 is 1.45 bits per heavy atom. The minimum Gasteiger partial charge on any atom is -0.465 e. The van der Waals surface area contributed by atoms with Crippen LogP contribution >= 0.6 is 0 Å². The van der Waals surface area contributed by atoms with E-state index in [1.165, 1.54) is 6.20 Å². The van der Waals surface area contributed by atoms with Gasteiger partial charge in [0.25, 0.3) is 0 Å². The minimum absolute atomic E-state index is 0.184. The summed E-state index contributed by atoms with van der Waals surface area (Å²) in [6.45, 7) is 1.56. The number of pyridine rings is 1. The van der Waals surface area contributed by atoms with Crippen LogP contribution in [0.1, 0.15) is 0 Å². The Hall–Kier alpha value is -3.40. The molecule has 1 aromatic carbocycles. The number of hydrogen-bond donors (Lipinski definition) is 3. The number of benzene rings is 1. The molecule has 1 amide bonds. The second-order valence-electron chi connectivity index (χ2n) is 6.83. The minimum atomic E-state index is -1.10. The van der Waals surface area contributed by atoms with Crippen molar-refractivity contribution in [3.63, 3.8) is 0 Å². The van der Waals surface area contributed by atoms with Crippen LogP contribution in [0.3, 0.4) is 0 Å². The number of nitrogens with one attached hydrogen (secondary N) is 1. The lowest BCUT2D eigenvalue weighted by atomic mass is 10.1. The molecule has 1 saturated heterocycles. The summed E-state index contributed by atoms with van der Waals surface area (Å²) in [7, 11) is 1.81. The van der Waals surface area contributed by atoms with Crippen molar-refractivity contribution in [1.29, 1.82) is 0 Å². The van der Waals surface area contributed by atoms with E-state index in [9.17, 15) is 9.18 Å². The molecule has 3 aromatic rings. The maximum atomic E-state index is 14.3. The molecule has 29 heavy (non-hydrogen) atoms. The van der Waals surface area contributed by atoms with Crippen molar-refractivity contribution in [3.8, 4) is 11.4 Å². The summed E-state index contributed by atoms with van der Waals surface area (Å²) in [6.07, 6.45) is 1.57. The number of rotatable bonds is 4. The summed E-state index contributed by atoms with van der Waals surface area (Å²) >= 11 is 0. The molecule has 1 unspecified atom stereocenters. The number of carbonyl (C=O) groups is 1. The first-order valence-corrected chi connectivity index (χ1v) is 9.13. The lowest BCUT2D eigenvalue weighted by Crippen LogP contribution is -2.51. The predicted octanol–water partition coefficient (Wildman–Crippen LogP) is 1.83. The normalized spacial score (nSPS) is 16.9. The Balaban J connectivity index is 1.84. The summed E-state index contributed by atoms with van der Waals surface area (Å²) in [5, 5.41) is 11.4.